The van der Waals surface area contributed by atoms with Gasteiger partial charge in [-0.15, -0.1) is 0 Å². The third kappa shape index (κ3) is 7.23. The number of ether oxygens (including phenoxy) is 1. The van der Waals surface area contributed by atoms with Crippen LogP contribution in [0.2, 0.25) is 5.02 Å². The van der Waals surface area contributed by atoms with Crippen molar-refractivity contribution < 1.29 is 14.3 Å². The third-order valence-corrected chi connectivity index (χ3v) is 8.18. The summed E-state index contributed by atoms with van der Waals surface area (Å²) in [6.45, 7) is 5.25. The molecule has 0 aliphatic carbocycles. The van der Waals surface area contributed by atoms with Gasteiger partial charge in [-0.2, -0.15) is 0 Å². The molecule has 0 radical (unpaired) electrons. The van der Waals surface area contributed by atoms with E-state index >= 15 is 0 Å². The summed E-state index contributed by atoms with van der Waals surface area (Å²) in [4.78, 5) is 30.7. The average Bonchev–Trinajstić information content (AvgIpc) is 3.51. The van der Waals surface area contributed by atoms with Gasteiger partial charge in [0.25, 0.3) is 5.91 Å². The Morgan fingerprint density at radius 2 is 1.50 bits per heavy atom. The van der Waals surface area contributed by atoms with Crippen LogP contribution in [0.15, 0.2) is 78.9 Å². The molecular formula is C33H38ClN3O3. The Morgan fingerprint density at radius 1 is 0.875 bits per heavy atom. The first-order chi connectivity index (χ1) is 19.6. The first kappa shape index (κ1) is 28.2. The van der Waals surface area contributed by atoms with E-state index < -0.39 is 0 Å². The molecule has 0 saturated carbocycles. The van der Waals surface area contributed by atoms with Gasteiger partial charge >= 0.3 is 0 Å². The fraction of sp³-hybridized carbons (Fsp3) is 0.394. The van der Waals surface area contributed by atoms with Gasteiger partial charge in [0, 0.05) is 38.0 Å². The van der Waals surface area contributed by atoms with E-state index in [0.717, 1.165) is 36.9 Å². The van der Waals surface area contributed by atoms with Crippen LogP contribution in [0.1, 0.15) is 59.5 Å². The molecule has 2 aliphatic rings. The largest absolute Gasteiger partial charge is 0.489 e. The maximum atomic E-state index is 13.7. The molecule has 2 aliphatic heterocycles. The molecule has 2 amide bonds. The summed E-state index contributed by atoms with van der Waals surface area (Å²) in [6.07, 6.45) is 4.90. The topological polar surface area (TPSA) is 61.9 Å². The zero-order chi connectivity index (χ0) is 27.7. The zero-order valence-electron chi connectivity index (χ0n) is 22.9. The second-order valence-corrected chi connectivity index (χ2v) is 11.1. The number of amides is 2. The molecule has 6 nitrogen and oxygen atoms in total. The number of benzene rings is 3. The molecule has 210 valence electrons. The van der Waals surface area contributed by atoms with Crippen LogP contribution in [-0.4, -0.2) is 67.0 Å². The van der Waals surface area contributed by atoms with Crippen molar-refractivity contribution >= 4 is 23.4 Å². The van der Waals surface area contributed by atoms with Crippen molar-refractivity contribution in [3.8, 4) is 5.75 Å². The number of piperidine rings is 1. The van der Waals surface area contributed by atoms with Gasteiger partial charge in [0.1, 0.15) is 11.9 Å². The number of hydrogen-bond donors (Lipinski definition) is 1. The van der Waals surface area contributed by atoms with E-state index in [2.05, 4.69) is 10.2 Å². The number of carbonyl (C=O) groups excluding carboxylic acids is 2. The fourth-order valence-electron chi connectivity index (χ4n) is 5.68. The second-order valence-electron chi connectivity index (χ2n) is 10.7. The fourth-order valence-corrected chi connectivity index (χ4v) is 5.90. The summed E-state index contributed by atoms with van der Waals surface area (Å²) in [5.74, 6) is 0.245. The molecule has 2 heterocycles. The van der Waals surface area contributed by atoms with E-state index in [0.29, 0.717) is 36.0 Å². The summed E-state index contributed by atoms with van der Waals surface area (Å²) >= 11 is 6.52. The van der Waals surface area contributed by atoms with E-state index in [-0.39, 0.29) is 23.8 Å². The SMILES string of the molecule is O=C(NCCCN1CCCC1)c1ccc(OC2CCN(C(=O)C(c3ccccc3)c3ccccc3)CC2)c(Cl)c1. The Morgan fingerprint density at radius 3 is 2.10 bits per heavy atom. The van der Waals surface area contributed by atoms with Crippen molar-refractivity contribution in [3.05, 3.63) is 101 Å². The minimum atomic E-state index is -0.326. The van der Waals surface area contributed by atoms with Gasteiger partial charge in [-0.05, 0) is 68.2 Å². The molecule has 3 aromatic rings. The average molecular weight is 560 g/mol. The van der Waals surface area contributed by atoms with E-state index in [9.17, 15) is 9.59 Å². The highest BCUT2D eigenvalue weighted by molar-refractivity contribution is 6.32. The van der Waals surface area contributed by atoms with Gasteiger partial charge in [0.15, 0.2) is 0 Å². The molecule has 0 bridgehead atoms. The predicted molar refractivity (Wildman–Crippen MR) is 159 cm³/mol. The maximum absolute atomic E-state index is 13.7. The number of hydrogen-bond acceptors (Lipinski definition) is 4. The number of rotatable bonds is 10. The first-order valence-corrected chi connectivity index (χ1v) is 14.8. The van der Waals surface area contributed by atoms with Crippen LogP contribution in [0.25, 0.3) is 0 Å². The monoisotopic (exact) mass is 559 g/mol. The van der Waals surface area contributed by atoms with Gasteiger partial charge < -0.3 is 19.9 Å². The molecule has 0 atom stereocenters. The van der Waals surface area contributed by atoms with E-state index in [1.54, 1.807) is 18.2 Å². The van der Waals surface area contributed by atoms with Crippen molar-refractivity contribution in [1.82, 2.24) is 15.1 Å². The van der Waals surface area contributed by atoms with Crippen molar-refractivity contribution in [2.24, 2.45) is 0 Å². The Bertz CT molecular complexity index is 1220. The molecular weight excluding hydrogens is 522 g/mol. The summed E-state index contributed by atoms with van der Waals surface area (Å²) < 4.78 is 6.23. The zero-order valence-corrected chi connectivity index (χ0v) is 23.7. The van der Waals surface area contributed by atoms with Crippen molar-refractivity contribution in [1.29, 1.82) is 0 Å². The Hall–Kier alpha value is -3.35. The Balaban J connectivity index is 1.13. The quantitative estimate of drug-likeness (QED) is 0.321. The number of halogens is 1. The highest BCUT2D eigenvalue weighted by Crippen LogP contribution is 2.31. The van der Waals surface area contributed by atoms with Crippen LogP contribution in [0.4, 0.5) is 0 Å². The smallest absolute Gasteiger partial charge is 0.251 e. The molecule has 1 N–H and O–H groups in total. The molecule has 0 unspecified atom stereocenters. The number of nitrogens with zero attached hydrogens (tertiary/aromatic N) is 2. The third-order valence-electron chi connectivity index (χ3n) is 7.89. The molecule has 40 heavy (non-hydrogen) atoms. The Kier molecular flexibility index (Phi) is 9.74. The molecule has 3 aromatic carbocycles. The highest BCUT2D eigenvalue weighted by Gasteiger charge is 2.31. The van der Waals surface area contributed by atoms with E-state index in [1.165, 1.54) is 25.9 Å². The van der Waals surface area contributed by atoms with Gasteiger partial charge in [-0.25, -0.2) is 0 Å². The summed E-state index contributed by atoms with van der Waals surface area (Å²) in [5.41, 5.74) is 2.53. The Labute approximate surface area is 242 Å². The summed E-state index contributed by atoms with van der Waals surface area (Å²) in [5, 5.41) is 3.42. The number of nitrogens with one attached hydrogen (secondary N) is 1. The highest BCUT2D eigenvalue weighted by atomic mass is 35.5. The van der Waals surface area contributed by atoms with Gasteiger partial charge in [0.05, 0.1) is 10.9 Å². The van der Waals surface area contributed by atoms with Crippen LogP contribution >= 0.6 is 11.6 Å². The lowest BCUT2D eigenvalue weighted by Crippen LogP contribution is -2.44. The predicted octanol–water partition coefficient (Wildman–Crippen LogP) is 5.76. The molecule has 5 rings (SSSR count). The minimum absolute atomic E-state index is 0.0429. The standard InChI is InChI=1S/C33H38ClN3O3/c34-29-24-27(32(38)35-18-9-21-36-19-7-8-20-36)14-15-30(29)40-28-16-22-37(23-17-28)33(39)31(25-10-3-1-4-11-25)26-12-5-2-6-13-26/h1-6,10-15,24,28,31H,7-9,16-23H2,(H,35,38). The molecule has 2 fully saturated rings. The minimum Gasteiger partial charge on any atom is -0.489 e. The van der Waals surface area contributed by atoms with E-state index in [1.807, 2.05) is 65.6 Å². The second kappa shape index (κ2) is 13.8. The van der Waals surface area contributed by atoms with Crippen LogP contribution in [0, 0.1) is 0 Å². The maximum Gasteiger partial charge on any atom is 0.251 e. The lowest BCUT2D eigenvalue weighted by molar-refractivity contribution is -0.133. The van der Waals surface area contributed by atoms with Crippen molar-refractivity contribution in [2.45, 2.75) is 44.1 Å². The lowest BCUT2D eigenvalue weighted by Gasteiger charge is -2.34. The molecule has 0 aromatic heterocycles. The van der Waals surface area contributed by atoms with E-state index in [4.69, 9.17) is 16.3 Å². The van der Waals surface area contributed by atoms with Crippen LogP contribution in [0.3, 0.4) is 0 Å². The van der Waals surface area contributed by atoms with Gasteiger partial charge in [0.2, 0.25) is 5.91 Å². The normalized spacial score (nSPS) is 16.3. The lowest BCUT2D eigenvalue weighted by atomic mass is 9.89. The number of carbonyl (C=O) groups is 2. The van der Waals surface area contributed by atoms with Crippen molar-refractivity contribution in [2.75, 3.05) is 39.3 Å². The molecule has 0 spiro atoms. The molecule has 2 saturated heterocycles. The van der Waals surface area contributed by atoms with Gasteiger partial charge in [-0.3, -0.25) is 9.59 Å². The van der Waals surface area contributed by atoms with Crippen LogP contribution < -0.4 is 10.1 Å². The summed E-state index contributed by atoms with van der Waals surface area (Å²) in [7, 11) is 0. The first-order valence-electron chi connectivity index (χ1n) is 14.4. The van der Waals surface area contributed by atoms with Gasteiger partial charge in [-0.1, -0.05) is 72.3 Å². The van der Waals surface area contributed by atoms with Crippen LogP contribution in [-0.2, 0) is 4.79 Å². The van der Waals surface area contributed by atoms with Crippen LogP contribution in [0.5, 0.6) is 5.75 Å². The number of likely N-dealkylation sites (tertiary alicyclic amines) is 2. The molecule has 7 heteroatoms. The van der Waals surface area contributed by atoms with Crippen molar-refractivity contribution in [3.63, 3.8) is 0 Å². The summed E-state index contributed by atoms with van der Waals surface area (Å²) in [6, 6.07) is 25.2.